The van der Waals surface area contributed by atoms with Crippen molar-refractivity contribution < 1.29 is 14.4 Å². The van der Waals surface area contributed by atoms with Crippen LogP contribution in [0.3, 0.4) is 0 Å². The van der Waals surface area contributed by atoms with Gasteiger partial charge in [0.05, 0.1) is 6.61 Å². The highest BCUT2D eigenvalue weighted by molar-refractivity contribution is 5.85. The van der Waals surface area contributed by atoms with Gasteiger partial charge in [-0.05, 0) is 6.92 Å². The molecule has 0 aromatic heterocycles. The molecule has 0 fully saturated rings. The molecule has 0 amide bonds. The van der Waals surface area contributed by atoms with E-state index < -0.39 is 5.97 Å². The van der Waals surface area contributed by atoms with Crippen LogP contribution in [-0.2, 0) is 14.4 Å². The van der Waals surface area contributed by atoms with Crippen molar-refractivity contribution in [3.05, 3.63) is 0 Å². The molecule has 0 aliphatic rings. The smallest absolute Gasteiger partial charge is 0.334 e. The number of carbonyl (C=O) groups excluding carboxylic acids is 1. The highest BCUT2D eigenvalue weighted by Gasteiger charge is 1.96. The van der Waals surface area contributed by atoms with Crippen LogP contribution in [0, 0.1) is 0 Å². The Morgan fingerprint density at radius 3 is 2.56 bits per heavy atom. The summed E-state index contributed by atoms with van der Waals surface area (Å²) >= 11 is 0. The second-order valence-corrected chi connectivity index (χ2v) is 1.12. The molecule has 0 aromatic carbocycles. The van der Waals surface area contributed by atoms with Crippen LogP contribution in [0.15, 0.2) is 0 Å². The topological polar surface area (TPSA) is 61.5 Å². The fourth-order valence-corrected chi connectivity index (χ4v) is 0.271. The zero-order valence-corrected chi connectivity index (χ0v) is 5.94. The highest BCUT2D eigenvalue weighted by atomic mass is 35.5. The summed E-state index contributed by atoms with van der Waals surface area (Å²) in [5.41, 5.74) is 0. The van der Waals surface area contributed by atoms with Crippen molar-refractivity contribution in [2.45, 2.75) is 6.92 Å². The Morgan fingerprint density at radius 2 is 2.22 bits per heavy atom. The van der Waals surface area contributed by atoms with Crippen molar-refractivity contribution >= 4 is 18.4 Å². The molecule has 0 radical (unpaired) electrons. The number of hydrogen-bond acceptors (Lipinski definition) is 4. The molecule has 0 heterocycles. The molecular formula is C4H10ClNO3. The van der Waals surface area contributed by atoms with Crippen LogP contribution in [0.1, 0.15) is 6.92 Å². The Bertz CT molecular complexity index is 70.2. The lowest BCUT2D eigenvalue weighted by Crippen LogP contribution is -2.14. The lowest BCUT2D eigenvalue weighted by Gasteiger charge is -1.96. The van der Waals surface area contributed by atoms with E-state index in [9.17, 15) is 4.79 Å². The average molecular weight is 156 g/mol. The van der Waals surface area contributed by atoms with Gasteiger partial charge in [0.25, 0.3) is 0 Å². The predicted octanol–water partition coefficient (Wildman–Crippen LogP) is -0.138. The molecule has 2 N–H and O–H groups in total. The summed E-state index contributed by atoms with van der Waals surface area (Å²) in [6.07, 6.45) is 0. The van der Waals surface area contributed by atoms with E-state index in [2.05, 4.69) is 15.5 Å². The summed E-state index contributed by atoms with van der Waals surface area (Å²) in [6, 6.07) is 0. The molecule has 0 bridgehead atoms. The first-order chi connectivity index (χ1) is 3.81. The van der Waals surface area contributed by atoms with Crippen LogP contribution in [0.25, 0.3) is 0 Å². The minimum absolute atomic E-state index is 0. The Hall–Kier alpha value is -0.320. The van der Waals surface area contributed by atoms with Gasteiger partial charge in [0.15, 0.2) is 6.61 Å². The third-order valence-corrected chi connectivity index (χ3v) is 0.507. The second-order valence-electron chi connectivity index (χ2n) is 1.12. The van der Waals surface area contributed by atoms with E-state index in [1.54, 1.807) is 6.92 Å². The number of hydrogen-bond donors (Lipinski definition) is 1. The minimum Gasteiger partial charge on any atom is -0.464 e. The van der Waals surface area contributed by atoms with Crippen molar-refractivity contribution in [1.29, 1.82) is 0 Å². The molecule has 9 heavy (non-hydrogen) atoms. The van der Waals surface area contributed by atoms with Crippen molar-refractivity contribution in [1.82, 2.24) is 0 Å². The molecule has 0 unspecified atom stereocenters. The zero-order valence-electron chi connectivity index (χ0n) is 5.12. The molecule has 56 valence electrons. The van der Waals surface area contributed by atoms with Crippen LogP contribution >= 0.6 is 12.4 Å². The Labute approximate surface area is 59.7 Å². The standard InChI is InChI=1S/C4H9NO3.ClH/c1-2-7-4(6)3-8-5;/h2-3,5H2,1H3;1H. The quantitative estimate of drug-likeness (QED) is 0.455. The van der Waals surface area contributed by atoms with Crippen LogP contribution in [0.5, 0.6) is 0 Å². The van der Waals surface area contributed by atoms with Gasteiger partial charge in [-0.15, -0.1) is 12.4 Å². The van der Waals surface area contributed by atoms with E-state index in [1.165, 1.54) is 0 Å². The van der Waals surface area contributed by atoms with Crippen molar-refractivity contribution in [3.8, 4) is 0 Å². The molecule has 0 rings (SSSR count). The van der Waals surface area contributed by atoms with Crippen LogP contribution in [0.4, 0.5) is 0 Å². The third-order valence-electron chi connectivity index (χ3n) is 0.507. The first-order valence-corrected chi connectivity index (χ1v) is 2.28. The summed E-state index contributed by atoms with van der Waals surface area (Å²) in [5, 5.41) is 0. The van der Waals surface area contributed by atoms with Gasteiger partial charge in [-0.3, -0.25) is 4.84 Å². The number of carbonyl (C=O) groups is 1. The maximum Gasteiger partial charge on any atom is 0.334 e. The van der Waals surface area contributed by atoms with E-state index in [0.717, 1.165) is 0 Å². The van der Waals surface area contributed by atoms with E-state index >= 15 is 0 Å². The van der Waals surface area contributed by atoms with E-state index in [1.807, 2.05) is 0 Å². The van der Waals surface area contributed by atoms with E-state index in [0.29, 0.717) is 6.61 Å². The summed E-state index contributed by atoms with van der Waals surface area (Å²) in [5.74, 6) is 4.12. The van der Waals surface area contributed by atoms with Crippen molar-refractivity contribution in [3.63, 3.8) is 0 Å². The van der Waals surface area contributed by atoms with Crippen molar-refractivity contribution in [2.24, 2.45) is 5.90 Å². The number of esters is 1. The van der Waals surface area contributed by atoms with Crippen LogP contribution in [0.2, 0.25) is 0 Å². The summed E-state index contributed by atoms with van der Waals surface area (Å²) in [6.45, 7) is 1.91. The zero-order chi connectivity index (χ0) is 6.41. The first kappa shape index (κ1) is 11.5. The second kappa shape index (κ2) is 7.68. The summed E-state index contributed by atoms with van der Waals surface area (Å²) < 4.78 is 4.44. The fourth-order valence-electron chi connectivity index (χ4n) is 0.271. The van der Waals surface area contributed by atoms with Crippen molar-refractivity contribution in [2.75, 3.05) is 13.2 Å². The Balaban J connectivity index is 0. The number of halogens is 1. The number of nitrogens with two attached hydrogens (primary N) is 1. The normalized spacial score (nSPS) is 7.78. The molecule has 0 saturated heterocycles. The van der Waals surface area contributed by atoms with E-state index in [-0.39, 0.29) is 19.0 Å². The minimum atomic E-state index is -0.435. The molecule has 0 aliphatic heterocycles. The molecule has 0 atom stereocenters. The monoisotopic (exact) mass is 155 g/mol. The fraction of sp³-hybridized carbons (Fsp3) is 0.750. The maximum atomic E-state index is 10.2. The number of rotatable bonds is 3. The lowest BCUT2D eigenvalue weighted by molar-refractivity contribution is -0.148. The largest absolute Gasteiger partial charge is 0.464 e. The molecule has 5 heteroatoms. The van der Waals surface area contributed by atoms with Gasteiger partial charge in [0, 0.05) is 0 Å². The van der Waals surface area contributed by atoms with Crippen LogP contribution in [-0.4, -0.2) is 19.2 Å². The first-order valence-electron chi connectivity index (χ1n) is 2.28. The maximum absolute atomic E-state index is 10.2. The molecule has 0 saturated carbocycles. The molecule has 0 spiro atoms. The van der Waals surface area contributed by atoms with Gasteiger partial charge in [-0.25, -0.2) is 10.7 Å². The van der Waals surface area contributed by atoms with Gasteiger partial charge >= 0.3 is 5.97 Å². The molecule has 4 nitrogen and oxygen atoms in total. The average Bonchev–Trinajstić information content (AvgIpc) is 1.68. The van der Waals surface area contributed by atoms with Gasteiger partial charge in [-0.1, -0.05) is 0 Å². The highest BCUT2D eigenvalue weighted by Crippen LogP contribution is 1.74. The van der Waals surface area contributed by atoms with Crippen LogP contribution < -0.4 is 5.90 Å². The summed E-state index contributed by atoms with van der Waals surface area (Å²) in [7, 11) is 0. The van der Waals surface area contributed by atoms with E-state index in [4.69, 9.17) is 0 Å². The third kappa shape index (κ3) is 7.68. The Kier molecular flexibility index (Phi) is 9.79. The lowest BCUT2D eigenvalue weighted by atomic mass is 10.7. The molecule has 0 aromatic rings. The van der Waals surface area contributed by atoms with Gasteiger partial charge in [0.2, 0.25) is 0 Å². The predicted molar refractivity (Wildman–Crippen MR) is 34.0 cm³/mol. The number of ether oxygens (including phenoxy) is 1. The summed E-state index contributed by atoms with van der Waals surface area (Å²) in [4.78, 5) is 14.2. The van der Waals surface area contributed by atoms with Gasteiger partial charge in [-0.2, -0.15) is 0 Å². The molecular weight excluding hydrogens is 146 g/mol. The molecule has 0 aliphatic carbocycles. The Morgan fingerprint density at radius 1 is 1.67 bits per heavy atom. The van der Waals surface area contributed by atoms with Gasteiger partial charge in [0.1, 0.15) is 0 Å². The van der Waals surface area contributed by atoms with Gasteiger partial charge < -0.3 is 4.74 Å². The SMILES string of the molecule is CCOC(=O)CON.Cl.